The highest BCUT2D eigenvalue weighted by Gasteiger charge is 2.27. The molecule has 0 unspecified atom stereocenters. The highest BCUT2D eigenvalue weighted by molar-refractivity contribution is 9.10. The molecule has 2 heterocycles. The first-order valence-corrected chi connectivity index (χ1v) is 8.44. The third-order valence-corrected chi connectivity index (χ3v) is 5.01. The maximum atomic E-state index is 6.02. The summed E-state index contributed by atoms with van der Waals surface area (Å²) in [4.78, 5) is 0. The Labute approximate surface area is 129 Å². The molecule has 0 atom stereocenters. The number of halogens is 1. The lowest BCUT2D eigenvalue weighted by molar-refractivity contribution is 0.267. The SMILES string of the molecule is NCCCCc1c2c(c(Br)c3c1OCCC3)OCCC2. The first-order chi connectivity index (χ1) is 9.83. The maximum Gasteiger partial charge on any atom is 0.137 e. The lowest BCUT2D eigenvalue weighted by Crippen LogP contribution is -2.18. The molecule has 2 N–H and O–H groups in total. The van der Waals surface area contributed by atoms with Crippen molar-refractivity contribution in [3.05, 3.63) is 21.2 Å². The summed E-state index contributed by atoms with van der Waals surface area (Å²) in [5.74, 6) is 2.20. The second kappa shape index (κ2) is 6.35. The van der Waals surface area contributed by atoms with E-state index in [4.69, 9.17) is 15.2 Å². The van der Waals surface area contributed by atoms with E-state index in [0.717, 1.165) is 80.7 Å². The van der Waals surface area contributed by atoms with E-state index in [1.54, 1.807) is 0 Å². The zero-order valence-corrected chi connectivity index (χ0v) is 13.4. The molecule has 0 saturated carbocycles. The van der Waals surface area contributed by atoms with Crippen LogP contribution in [0.25, 0.3) is 0 Å². The van der Waals surface area contributed by atoms with E-state index < -0.39 is 0 Å². The molecule has 0 spiro atoms. The van der Waals surface area contributed by atoms with Crippen molar-refractivity contribution in [2.24, 2.45) is 5.73 Å². The van der Waals surface area contributed by atoms with Crippen molar-refractivity contribution in [3.8, 4) is 11.5 Å². The number of unbranched alkanes of at least 4 members (excludes halogenated alkanes) is 1. The van der Waals surface area contributed by atoms with Crippen molar-refractivity contribution in [1.82, 2.24) is 0 Å². The highest BCUT2D eigenvalue weighted by Crippen LogP contribution is 2.46. The van der Waals surface area contributed by atoms with Crippen LogP contribution in [0, 0.1) is 0 Å². The standard InChI is InChI=1S/C16H22BrNO2/c17-14-13-7-4-9-19-15(13)11(5-1-2-8-18)12-6-3-10-20-16(12)14/h1-10,18H2. The summed E-state index contributed by atoms with van der Waals surface area (Å²) in [6.45, 7) is 2.43. The zero-order valence-electron chi connectivity index (χ0n) is 11.8. The summed E-state index contributed by atoms with van der Waals surface area (Å²) in [5.41, 5.74) is 9.68. The second-order valence-electron chi connectivity index (χ2n) is 5.56. The normalized spacial score (nSPS) is 16.9. The summed E-state index contributed by atoms with van der Waals surface area (Å²) < 4.78 is 13.1. The first kappa shape index (κ1) is 14.2. The maximum absolute atomic E-state index is 6.02. The first-order valence-electron chi connectivity index (χ1n) is 7.64. The van der Waals surface area contributed by atoms with Crippen molar-refractivity contribution in [1.29, 1.82) is 0 Å². The van der Waals surface area contributed by atoms with Crippen LogP contribution in [-0.2, 0) is 19.3 Å². The average molecular weight is 340 g/mol. The van der Waals surface area contributed by atoms with E-state index in [-0.39, 0.29) is 0 Å². The molecule has 0 amide bonds. The van der Waals surface area contributed by atoms with Crippen molar-refractivity contribution >= 4 is 15.9 Å². The topological polar surface area (TPSA) is 44.5 Å². The summed E-state index contributed by atoms with van der Waals surface area (Å²) in [6.07, 6.45) is 7.62. The van der Waals surface area contributed by atoms with Crippen LogP contribution in [0.1, 0.15) is 42.4 Å². The number of ether oxygens (including phenoxy) is 2. The summed E-state index contributed by atoms with van der Waals surface area (Å²) in [5, 5.41) is 0. The molecule has 1 aromatic carbocycles. The minimum absolute atomic E-state index is 0.762. The van der Waals surface area contributed by atoms with Crippen molar-refractivity contribution in [2.45, 2.75) is 44.9 Å². The van der Waals surface area contributed by atoms with E-state index in [0.29, 0.717) is 0 Å². The number of nitrogens with two attached hydrogens (primary N) is 1. The van der Waals surface area contributed by atoms with Gasteiger partial charge in [0.1, 0.15) is 11.5 Å². The van der Waals surface area contributed by atoms with Gasteiger partial charge < -0.3 is 15.2 Å². The summed E-state index contributed by atoms with van der Waals surface area (Å²) >= 11 is 3.74. The van der Waals surface area contributed by atoms with E-state index in [1.807, 2.05) is 0 Å². The Morgan fingerprint density at radius 2 is 1.65 bits per heavy atom. The fourth-order valence-electron chi connectivity index (χ4n) is 3.19. The average Bonchev–Trinajstić information content (AvgIpc) is 2.51. The van der Waals surface area contributed by atoms with Gasteiger partial charge in [0.25, 0.3) is 0 Å². The Morgan fingerprint density at radius 3 is 2.40 bits per heavy atom. The lowest BCUT2D eigenvalue weighted by atomic mass is 9.90. The molecule has 0 bridgehead atoms. The molecule has 0 fully saturated rings. The number of hydrogen-bond donors (Lipinski definition) is 1. The summed E-state index contributed by atoms with van der Waals surface area (Å²) in [6, 6.07) is 0. The predicted molar refractivity (Wildman–Crippen MR) is 83.8 cm³/mol. The van der Waals surface area contributed by atoms with E-state index in [9.17, 15) is 0 Å². The molecule has 3 nitrogen and oxygen atoms in total. The number of hydrogen-bond acceptors (Lipinski definition) is 3. The van der Waals surface area contributed by atoms with Crippen LogP contribution in [0.15, 0.2) is 4.47 Å². The fourth-order valence-corrected chi connectivity index (χ4v) is 3.93. The monoisotopic (exact) mass is 339 g/mol. The third kappa shape index (κ3) is 2.56. The molecule has 110 valence electrons. The quantitative estimate of drug-likeness (QED) is 0.855. The minimum Gasteiger partial charge on any atom is -0.493 e. The van der Waals surface area contributed by atoms with Crippen LogP contribution < -0.4 is 15.2 Å². The van der Waals surface area contributed by atoms with E-state index in [2.05, 4.69) is 15.9 Å². The predicted octanol–water partition coefficient (Wildman–Crippen LogP) is 3.38. The molecule has 4 heteroatoms. The smallest absolute Gasteiger partial charge is 0.137 e. The van der Waals surface area contributed by atoms with Gasteiger partial charge in [0.05, 0.1) is 17.7 Å². The largest absolute Gasteiger partial charge is 0.493 e. The zero-order chi connectivity index (χ0) is 13.9. The lowest BCUT2D eigenvalue weighted by Gasteiger charge is -2.29. The van der Waals surface area contributed by atoms with Crippen LogP contribution >= 0.6 is 15.9 Å². The van der Waals surface area contributed by atoms with Crippen molar-refractivity contribution in [2.75, 3.05) is 19.8 Å². The van der Waals surface area contributed by atoms with Gasteiger partial charge in [-0.1, -0.05) is 0 Å². The third-order valence-electron chi connectivity index (χ3n) is 4.17. The molecule has 20 heavy (non-hydrogen) atoms. The molecule has 2 aliphatic rings. The number of fused-ring (bicyclic) bond motifs is 2. The highest BCUT2D eigenvalue weighted by atomic mass is 79.9. The van der Waals surface area contributed by atoms with Crippen LogP contribution in [0.5, 0.6) is 11.5 Å². The molecule has 0 aliphatic carbocycles. The van der Waals surface area contributed by atoms with Gasteiger partial charge in [0.2, 0.25) is 0 Å². The van der Waals surface area contributed by atoms with Gasteiger partial charge in [-0.3, -0.25) is 0 Å². The van der Waals surface area contributed by atoms with Crippen LogP contribution in [0.3, 0.4) is 0 Å². The van der Waals surface area contributed by atoms with Crippen LogP contribution in [0.4, 0.5) is 0 Å². The molecule has 3 rings (SSSR count). The van der Waals surface area contributed by atoms with Crippen LogP contribution in [-0.4, -0.2) is 19.8 Å². The molecule has 0 saturated heterocycles. The molecular formula is C16H22BrNO2. The van der Waals surface area contributed by atoms with Crippen molar-refractivity contribution in [3.63, 3.8) is 0 Å². The Hall–Kier alpha value is -0.740. The van der Waals surface area contributed by atoms with E-state index in [1.165, 1.54) is 16.7 Å². The number of rotatable bonds is 4. The minimum atomic E-state index is 0.762. The molecule has 0 radical (unpaired) electrons. The molecule has 1 aromatic rings. The number of benzene rings is 1. The summed E-state index contributed by atoms with van der Waals surface area (Å²) in [7, 11) is 0. The fraction of sp³-hybridized carbons (Fsp3) is 0.625. The van der Waals surface area contributed by atoms with Crippen molar-refractivity contribution < 1.29 is 9.47 Å². The Morgan fingerprint density at radius 1 is 0.950 bits per heavy atom. The Balaban J connectivity index is 2.04. The van der Waals surface area contributed by atoms with Gasteiger partial charge in [-0.15, -0.1) is 0 Å². The molecule has 2 aliphatic heterocycles. The van der Waals surface area contributed by atoms with Crippen LogP contribution in [0.2, 0.25) is 0 Å². The molecular weight excluding hydrogens is 318 g/mol. The van der Waals surface area contributed by atoms with Gasteiger partial charge in [0, 0.05) is 16.7 Å². The van der Waals surface area contributed by atoms with Gasteiger partial charge >= 0.3 is 0 Å². The molecule has 0 aromatic heterocycles. The van der Waals surface area contributed by atoms with Gasteiger partial charge in [-0.25, -0.2) is 0 Å². The Kier molecular flexibility index (Phi) is 4.51. The van der Waals surface area contributed by atoms with Gasteiger partial charge in [-0.05, 0) is 67.4 Å². The van der Waals surface area contributed by atoms with Gasteiger partial charge in [-0.2, -0.15) is 0 Å². The van der Waals surface area contributed by atoms with E-state index >= 15 is 0 Å². The van der Waals surface area contributed by atoms with Gasteiger partial charge in [0.15, 0.2) is 0 Å². The Bertz CT molecular complexity index is 465. The second-order valence-corrected chi connectivity index (χ2v) is 6.35.